The molecule has 5 heteroatoms. The molecule has 0 aliphatic heterocycles. The summed E-state index contributed by atoms with van der Waals surface area (Å²) in [6.45, 7) is 4.51. The first-order valence-electron chi connectivity index (χ1n) is 6.15. The van der Waals surface area contributed by atoms with E-state index in [1.165, 1.54) is 0 Å². The molecule has 0 aliphatic carbocycles. The lowest BCUT2D eigenvalue weighted by Crippen LogP contribution is -2.05. The van der Waals surface area contributed by atoms with Crippen LogP contribution in [0.25, 0.3) is 0 Å². The normalized spacial score (nSPS) is 10.4. The predicted molar refractivity (Wildman–Crippen MR) is 72.9 cm³/mol. The Morgan fingerprint density at radius 2 is 2.26 bits per heavy atom. The minimum atomic E-state index is -0.334. The van der Waals surface area contributed by atoms with Crippen molar-refractivity contribution in [2.75, 3.05) is 12.3 Å². The molecule has 2 rings (SSSR count). The van der Waals surface area contributed by atoms with Crippen LogP contribution in [0.2, 0.25) is 0 Å². The molecule has 1 aromatic heterocycles. The molecule has 2 aromatic rings. The van der Waals surface area contributed by atoms with E-state index in [0.29, 0.717) is 30.1 Å². The highest BCUT2D eigenvalue weighted by Gasteiger charge is 2.14. The fourth-order valence-electron chi connectivity index (χ4n) is 1.89. The number of aromatic nitrogens is 2. The second-order valence-corrected chi connectivity index (χ2v) is 4.29. The summed E-state index contributed by atoms with van der Waals surface area (Å²) in [6, 6.07) is 7.59. The number of carbonyl (C=O) groups excluding carboxylic acids is 1. The number of hydrogen-bond acceptors (Lipinski definition) is 4. The third-order valence-electron chi connectivity index (χ3n) is 2.74. The maximum absolute atomic E-state index is 11.7. The Labute approximate surface area is 112 Å². The third-order valence-corrected chi connectivity index (χ3v) is 2.74. The fourth-order valence-corrected chi connectivity index (χ4v) is 1.89. The van der Waals surface area contributed by atoms with E-state index in [1.807, 2.05) is 24.3 Å². The third kappa shape index (κ3) is 3.13. The topological polar surface area (TPSA) is 70.1 Å². The molecular weight excluding hydrogens is 242 g/mol. The second-order valence-electron chi connectivity index (χ2n) is 4.29. The van der Waals surface area contributed by atoms with Crippen molar-refractivity contribution < 1.29 is 9.53 Å². The largest absolute Gasteiger partial charge is 0.462 e. The van der Waals surface area contributed by atoms with Gasteiger partial charge in [0, 0.05) is 11.9 Å². The Hall–Kier alpha value is -2.30. The quantitative estimate of drug-likeness (QED) is 0.673. The monoisotopic (exact) mass is 259 g/mol. The molecule has 2 N–H and O–H groups in total. The van der Waals surface area contributed by atoms with Crippen molar-refractivity contribution in [2.24, 2.45) is 0 Å². The van der Waals surface area contributed by atoms with Gasteiger partial charge in [0.05, 0.1) is 18.8 Å². The van der Waals surface area contributed by atoms with E-state index in [-0.39, 0.29) is 5.97 Å². The number of nitrogens with zero attached hydrogens (tertiary/aromatic N) is 2. The molecule has 1 heterocycles. The van der Waals surface area contributed by atoms with Gasteiger partial charge in [0.15, 0.2) is 0 Å². The maximum Gasteiger partial charge on any atom is 0.341 e. The lowest BCUT2D eigenvalue weighted by Gasteiger charge is -2.02. The highest BCUT2D eigenvalue weighted by molar-refractivity contribution is 5.90. The summed E-state index contributed by atoms with van der Waals surface area (Å²) < 4.78 is 6.70. The molecule has 1 aromatic carbocycles. The predicted octanol–water partition coefficient (Wildman–Crippen LogP) is 2.00. The SMILES string of the molecule is CCOC(=O)c1cn(Cc2cccc(N)c2)nc1C. The van der Waals surface area contributed by atoms with Crippen LogP contribution < -0.4 is 5.73 Å². The van der Waals surface area contributed by atoms with Gasteiger partial charge >= 0.3 is 5.97 Å². The van der Waals surface area contributed by atoms with Crippen LogP contribution in [0.15, 0.2) is 30.5 Å². The van der Waals surface area contributed by atoms with Gasteiger partial charge in [-0.2, -0.15) is 5.10 Å². The van der Waals surface area contributed by atoms with Gasteiger partial charge < -0.3 is 10.5 Å². The zero-order chi connectivity index (χ0) is 13.8. The van der Waals surface area contributed by atoms with Crippen LogP contribution in [-0.4, -0.2) is 22.4 Å². The van der Waals surface area contributed by atoms with Gasteiger partial charge in [-0.05, 0) is 31.5 Å². The number of carbonyl (C=O) groups is 1. The molecule has 0 radical (unpaired) electrons. The number of anilines is 1. The fraction of sp³-hybridized carbons (Fsp3) is 0.286. The lowest BCUT2D eigenvalue weighted by molar-refractivity contribution is 0.0525. The van der Waals surface area contributed by atoms with Gasteiger partial charge in [0.25, 0.3) is 0 Å². The number of esters is 1. The van der Waals surface area contributed by atoms with Gasteiger partial charge in [-0.1, -0.05) is 12.1 Å². The minimum Gasteiger partial charge on any atom is -0.462 e. The van der Waals surface area contributed by atoms with Crippen molar-refractivity contribution in [3.05, 3.63) is 47.3 Å². The number of rotatable bonds is 4. The van der Waals surface area contributed by atoms with E-state index < -0.39 is 0 Å². The Morgan fingerprint density at radius 1 is 1.47 bits per heavy atom. The van der Waals surface area contributed by atoms with E-state index in [4.69, 9.17) is 10.5 Å². The summed E-state index contributed by atoms with van der Waals surface area (Å²) in [5.74, 6) is -0.334. The molecule has 0 atom stereocenters. The van der Waals surface area contributed by atoms with E-state index in [9.17, 15) is 4.79 Å². The number of benzene rings is 1. The van der Waals surface area contributed by atoms with Crippen LogP contribution in [0.4, 0.5) is 5.69 Å². The molecule has 0 bridgehead atoms. The van der Waals surface area contributed by atoms with E-state index in [1.54, 1.807) is 24.7 Å². The van der Waals surface area contributed by atoms with Crippen molar-refractivity contribution in [1.82, 2.24) is 9.78 Å². The van der Waals surface area contributed by atoms with E-state index in [2.05, 4.69) is 5.10 Å². The standard InChI is InChI=1S/C14H17N3O2/c1-3-19-14(18)13-9-17(16-10(13)2)8-11-5-4-6-12(15)7-11/h4-7,9H,3,8,15H2,1-2H3. The van der Waals surface area contributed by atoms with Gasteiger partial charge in [-0.3, -0.25) is 4.68 Å². The van der Waals surface area contributed by atoms with Crippen LogP contribution in [0.1, 0.15) is 28.5 Å². The molecule has 0 aliphatic rings. The van der Waals surface area contributed by atoms with Crippen LogP contribution in [0.5, 0.6) is 0 Å². The smallest absolute Gasteiger partial charge is 0.341 e. The highest BCUT2D eigenvalue weighted by atomic mass is 16.5. The van der Waals surface area contributed by atoms with Crippen molar-refractivity contribution in [1.29, 1.82) is 0 Å². The molecule has 0 fully saturated rings. The molecule has 0 saturated carbocycles. The molecule has 5 nitrogen and oxygen atoms in total. The maximum atomic E-state index is 11.7. The minimum absolute atomic E-state index is 0.334. The summed E-state index contributed by atoms with van der Waals surface area (Å²) in [4.78, 5) is 11.7. The van der Waals surface area contributed by atoms with Gasteiger partial charge in [-0.25, -0.2) is 4.79 Å². The first-order valence-corrected chi connectivity index (χ1v) is 6.15. The van der Waals surface area contributed by atoms with Crippen molar-refractivity contribution in [3.63, 3.8) is 0 Å². The summed E-state index contributed by atoms with van der Waals surface area (Å²) in [5.41, 5.74) is 8.66. The Morgan fingerprint density at radius 3 is 2.95 bits per heavy atom. The molecule has 0 unspecified atom stereocenters. The average molecular weight is 259 g/mol. The van der Waals surface area contributed by atoms with Gasteiger partial charge in [0.1, 0.15) is 5.56 Å². The number of nitrogens with two attached hydrogens (primary N) is 1. The average Bonchev–Trinajstić information content (AvgIpc) is 2.70. The number of nitrogen functional groups attached to an aromatic ring is 1. The summed E-state index contributed by atoms with van der Waals surface area (Å²) in [6.07, 6.45) is 1.70. The molecular formula is C14H17N3O2. The first kappa shape index (κ1) is 13.1. The number of hydrogen-bond donors (Lipinski definition) is 1. The lowest BCUT2D eigenvalue weighted by atomic mass is 10.2. The number of ether oxygens (including phenoxy) is 1. The Kier molecular flexibility index (Phi) is 3.85. The highest BCUT2D eigenvalue weighted by Crippen LogP contribution is 2.11. The molecule has 0 spiro atoms. The molecule has 100 valence electrons. The number of aryl methyl sites for hydroxylation is 1. The van der Waals surface area contributed by atoms with Crippen LogP contribution in [0, 0.1) is 6.92 Å². The van der Waals surface area contributed by atoms with E-state index in [0.717, 1.165) is 5.56 Å². The summed E-state index contributed by atoms with van der Waals surface area (Å²) in [7, 11) is 0. The summed E-state index contributed by atoms with van der Waals surface area (Å²) >= 11 is 0. The molecule has 0 saturated heterocycles. The zero-order valence-electron chi connectivity index (χ0n) is 11.1. The van der Waals surface area contributed by atoms with Crippen molar-refractivity contribution in [3.8, 4) is 0 Å². The van der Waals surface area contributed by atoms with Gasteiger partial charge in [-0.15, -0.1) is 0 Å². The van der Waals surface area contributed by atoms with Crippen molar-refractivity contribution >= 4 is 11.7 Å². The Balaban J connectivity index is 2.18. The zero-order valence-corrected chi connectivity index (χ0v) is 11.1. The van der Waals surface area contributed by atoms with Gasteiger partial charge in [0.2, 0.25) is 0 Å². The van der Waals surface area contributed by atoms with E-state index >= 15 is 0 Å². The van der Waals surface area contributed by atoms with Crippen LogP contribution in [-0.2, 0) is 11.3 Å². The van der Waals surface area contributed by atoms with Crippen LogP contribution in [0.3, 0.4) is 0 Å². The Bertz CT molecular complexity index is 590. The first-order chi connectivity index (χ1) is 9.10. The van der Waals surface area contributed by atoms with Crippen LogP contribution >= 0.6 is 0 Å². The molecule has 19 heavy (non-hydrogen) atoms. The second kappa shape index (κ2) is 5.56. The summed E-state index contributed by atoms with van der Waals surface area (Å²) in [5, 5.41) is 4.31. The van der Waals surface area contributed by atoms with Crippen molar-refractivity contribution in [2.45, 2.75) is 20.4 Å². The molecule has 0 amide bonds.